The summed E-state index contributed by atoms with van der Waals surface area (Å²) >= 11 is 0. The van der Waals surface area contributed by atoms with Crippen molar-refractivity contribution in [3.8, 4) is 0 Å². The van der Waals surface area contributed by atoms with E-state index in [-0.39, 0.29) is 24.0 Å². The van der Waals surface area contributed by atoms with E-state index in [4.69, 9.17) is 10.5 Å². The highest BCUT2D eigenvalue weighted by atomic mass is 16.5. The van der Waals surface area contributed by atoms with Gasteiger partial charge >= 0.3 is 0 Å². The van der Waals surface area contributed by atoms with E-state index in [1.807, 2.05) is 23.6 Å². The third kappa shape index (κ3) is 4.65. The summed E-state index contributed by atoms with van der Waals surface area (Å²) in [4.78, 5) is 30.4. The van der Waals surface area contributed by atoms with Gasteiger partial charge in [0, 0.05) is 45.8 Å². The molecule has 0 unspecified atom stereocenters. The summed E-state index contributed by atoms with van der Waals surface area (Å²) in [6, 6.07) is 0. The number of hydrogen-bond donors (Lipinski definition) is 1. The summed E-state index contributed by atoms with van der Waals surface area (Å²) in [6.07, 6.45) is 1.33. The Bertz CT molecular complexity index is 406. The molecule has 2 aliphatic heterocycles. The van der Waals surface area contributed by atoms with Gasteiger partial charge in [0.15, 0.2) is 0 Å². The fourth-order valence-electron chi connectivity index (χ4n) is 3.26. The first-order valence-electron chi connectivity index (χ1n) is 8.73. The van der Waals surface area contributed by atoms with Crippen molar-refractivity contribution in [1.29, 1.82) is 0 Å². The van der Waals surface area contributed by atoms with Gasteiger partial charge in [-0.15, -0.1) is 0 Å². The Balaban J connectivity index is 1.75. The summed E-state index contributed by atoms with van der Waals surface area (Å²) in [7, 11) is 0. The molecule has 23 heavy (non-hydrogen) atoms. The molecule has 0 saturated carbocycles. The van der Waals surface area contributed by atoms with Crippen LogP contribution in [-0.2, 0) is 14.3 Å². The molecule has 2 N–H and O–H groups in total. The van der Waals surface area contributed by atoms with E-state index in [1.54, 1.807) is 0 Å². The second kappa shape index (κ2) is 8.61. The number of carbonyl (C=O) groups is 2. The van der Waals surface area contributed by atoms with Crippen molar-refractivity contribution in [3.05, 3.63) is 0 Å². The minimum atomic E-state index is -0.326. The topological polar surface area (TPSA) is 79.1 Å². The molecule has 2 heterocycles. The lowest BCUT2D eigenvalue weighted by Crippen LogP contribution is -2.53. The van der Waals surface area contributed by atoms with Crippen molar-refractivity contribution in [2.24, 2.45) is 5.73 Å². The number of nitrogens with zero attached hydrogens (tertiary/aromatic N) is 3. The van der Waals surface area contributed by atoms with E-state index in [2.05, 4.69) is 4.90 Å². The minimum absolute atomic E-state index is 0.0249. The van der Waals surface area contributed by atoms with Crippen LogP contribution in [0.15, 0.2) is 0 Å². The smallest absolute Gasteiger partial charge is 0.251 e. The largest absolute Gasteiger partial charge is 0.364 e. The van der Waals surface area contributed by atoms with E-state index in [1.165, 1.54) is 0 Å². The maximum atomic E-state index is 12.5. The van der Waals surface area contributed by atoms with Crippen LogP contribution in [0.5, 0.6) is 0 Å². The highest BCUT2D eigenvalue weighted by molar-refractivity contribution is 5.81. The minimum Gasteiger partial charge on any atom is -0.364 e. The third-order valence-corrected chi connectivity index (χ3v) is 4.80. The zero-order valence-corrected chi connectivity index (χ0v) is 14.4. The van der Waals surface area contributed by atoms with E-state index in [9.17, 15) is 9.59 Å². The SMILES string of the molecule is CCN(CC)C(=O)CN1CCN(C(=O)[C@@H]2CC[C@H](CN)O2)CC1. The van der Waals surface area contributed by atoms with Gasteiger partial charge < -0.3 is 20.3 Å². The van der Waals surface area contributed by atoms with Gasteiger partial charge in [0.1, 0.15) is 6.10 Å². The Morgan fingerprint density at radius 2 is 1.78 bits per heavy atom. The number of nitrogens with two attached hydrogens (primary N) is 1. The van der Waals surface area contributed by atoms with E-state index in [0.717, 1.165) is 39.0 Å². The Labute approximate surface area is 138 Å². The lowest BCUT2D eigenvalue weighted by Gasteiger charge is -2.36. The van der Waals surface area contributed by atoms with Crippen LogP contribution in [0, 0.1) is 0 Å². The van der Waals surface area contributed by atoms with Crippen LogP contribution >= 0.6 is 0 Å². The lowest BCUT2D eigenvalue weighted by atomic mass is 10.1. The molecule has 0 aromatic heterocycles. The highest BCUT2D eigenvalue weighted by Gasteiger charge is 2.34. The fourth-order valence-corrected chi connectivity index (χ4v) is 3.26. The first-order chi connectivity index (χ1) is 11.1. The highest BCUT2D eigenvalue weighted by Crippen LogP contribution is 2.21. The first-order valence-corrected chi connectivity index (χ1v) is 8.73. The monoisotopic (exact) mass is 326 g/mol. The predicted molar refractivity (Wildman–Crippen MR) is 87.9 cm³/mol. The molecular weight excluding hydrogens is 296 g/mol. The number of ether oxygens (including phenoxy) is 1. The molecule has 132 valence electrons. The first kappa shape index (κ1) is 18.2. The molecule has 0 radical (unpaired) electrons. The zero-order valence-electron chi connectivity index (χ0n) is 14.4. The summed E-state index contributed by atoms with van der Waals surface area (Å²) in [5.74, 6) is 0.246. The molecule has 7 nitrogen and oxygen atoms in total. The zero-order chi connectivity index (χ0) is 16.8. The summed E-state index contributed by atoms with van der Waals surface area (Å²) in [5.41, 5.74) is 5.59. The van der Waals surface area contributed by atoms with Gasteiger partial charge in [-0.2, -0.15) is 0 Å². The van der Waals surface area contributed by atoms with E-state index < -0.39 is 0 Å². The molecule has 2 rings (SSSR count). The summed E-state index contributed by atoms with van der Waals surface area (Å²) < 4.78 is 5.69. The second-order valence-electron chi connectivity index (χ2n) is 6.23. The normalized spacial score (nSPS) is 25.6. The molecule has 2 amide bonds. The Morgan fingerprint density at radius 3 is 2.30 bits per heavy atom. The Kier molecular flexibility index (Phi) is 6.80. The van der Waals surface area contributed by atoms with Crippen molar-refractivity contribution in [1.82, 2.24) is 14.7 Å². The predicted octanol–water partition coefficient (Wildman–Crippen LogP) is -0.495. The van der Waals surface area contributed by atoms with Crippen LogP contribution < -0.4 is 5.73 Å². The molecule has 0 spiro atoms. The number of rotatable bonds is 6. The van der Waals surface area contributed by atoms with Crippen molar-refractivity contribution in [2.75, 3.05) is 52.4 Å². The van der Waals surface area contributed by atoms with Crippen LogP contribution in [0.1, 0.15) is 26.7 Å². The number of piperazine rings is 1. The van der Waals surface area contributed by atoms with Crippen molar-refractivity contribution < 1.29 is 14.3 Å². The number of hydrogen-bond acceptors (Lipinski definition) is 5. The van der Waals surface area contributed by atoms with Crippen molar-refractivity contribution in [2.45, 2.75) is 38.9 Å². The van der Waals surface area contributed by atoms with Gasteiger partial charge in [-0.1, -0.05) is 0 Å². The fraction of sp³-hybridized carbons (Fsp3) is 0.875. The van der Waals surface area contributed by atoms with Crippen LogP contribution in [-0.4, -0.2) is 91.1 Å². The van der Waals surface area contributed by atoms with Crippen LogP contribution in [0.2, 0.25) is 0 Å². The molecule has 7 heteroatoms. The van der Waals surface area contributed by atoms with Gasteiger partial charge in [0.05, 0.1) is 12.6 Å². The van der Waals surface area contributed by atoms with Crippen LogP contribution in [0.4, 0.5) is 0 Å². The maximum Gasteiger partial charge on any atom is 0.251 e. The quantitative estimate of drug-likeness (QED) is 0.712. The number of likely N-dealkylation sites (N-methyl/N-ethyl adjacent to an activating group) is 1. The van der Waals surface area contributed by atoms with E-state index >= 15 is 0 Å². The summed E-state index contributed by atoms with van der Waals surface area (Å²) in [5, 5.41) is 0. The third-order valence-electron chi connectivity index (χ3n) is 4.80. The average Bonchev–Trinajstić information content (AvgIpc) is 3.05. The number of amides is 2. The van der Waals surface area contributed by atoms with E-state index in [0.29, 0.717) is 26.2 Å². The van der Waals surface area contributed by atoms with Gasteiger partial charge in [-0.25, -0.2) is 0 Å². The van der Waals surface area contributed by atoms with Crippen molar-refractivity contribution in [3.63, 3.8) is 0 Å². The summed E-state index contributed by atoms with van der Waals surface area (Å²) in [6.45, 7) is 9.21. The molecule has 0 aromatic rings. The molecule has 2 saturated heterocycles. The van der Waals surface area contributed by atoms with Gasteiger partial charge in [-0.3, -0.25) is 14.5 Å². The van der Waals surface area contributed by atoms with Gasteiger partial charge in [0.25, 0.3) is 5.91 Å². The lowest BCUT2D eigenvalue weighted by molar-refractivity contribution is -0.144. The Hall–Kier alpha value is -1.18. The molecule has 2 fully saturated rings. The molecule has 2 atom stereocenters. The Morgan fingerprint density at radius 1 is 1.13 bits per heavy atom. The molecule has 2 aliphatic rings. The molecule has 0 bridgehead atoms. The molecular formula is C16H30N4O3. The maximum absolute atomic E-state index is 12.5. The van der Waals surface area contributed by atoms with Crippen LogP contribution in [0.25, 0.3) is 0 Å². The average molecular weight is 326 g/mol. The molecule has 0 aromatic carbocycles. The van der Waals surface area contributed by atoms with Crippen molar-refractivity contribution >= 4 is 11.8 Å². The van der Waals surface area contributed by atoms with Gasteiger partial charge in [0.2, 0.25) is 5.91 Å². The molecule has 0 aliphatic carbocycles. The van der Waals surface area contributed by atoms with Crippen LogP contribution in [0.3, 0.4) is 0 Å². The second-order valence-corrected chi connectivity index (χ2v) is 6.23. The van der Waals surface area contributed by atoms with Gasteiger partial charge in [-0.05, 0) is 26.7 Å². The number of carbonyl (C=O) groups excluding carboxylic acids is 2. The standard InChI is InChI=1S/C16H30N4O3/c1-3-19(4-2)15(21)12-18-7-9-20(10-8-18)16(22)14-6-5-13(11-17)23-14/h13-14H,3-12,17H2,1-2H3/t13-,14+/m1/s1.